The highest BCUT2D eigenvalue weighted by Gasteiger charge is 2.40. The highest BCUT2D eigenvalue weighted by molar-refractivity contribution is 6.32. The fourth-order valence-corrected chi connectivity index (χ4v) is 3.23. The van der Waals surface area contributed by atoms with E-state index in [2.05, 4.69) is 45.9 Å². The Hall–Kier alpha value is -1.02. The molecule has 0 aromatic heterocycles. The molecule has 1 heterocycles. The monoisotopic (exact) mass is 279 g/mol. The number of carbonyl (C=O) groups excluding carboxylic acids is 1. The molecular formula is C16H22ClNO. The molecule has 0 fully saturated rings. The van der Waals surface area contributed by atoms with Gasteiger partial charge in [0.2, 0.25) is 5.91 Å². The van der Waals surface area contributed by atoms with E-state index in [0.717, 1.165) is 12.1 Å². The number of fused-ring (bicyclic) bond motifs is 1. The lowest BCUT2D eigenvalue weighted by Gasteiger charge is -2.46. The summed E-state index contributed by atoms with van der Waals surface area (Å²) in [7, 11) is 0. The van der Waals surface area contributed by atoms with Crippen molar-refractivity contribution >= 4 is 23.2 Å². The van der Waals surface area contributed by atoms with Crippen LogP contribution in [0, 0.1) is 6.92 Å². The largest absolute Gasteiger partial charge is 0.305 e. The van der Waals surface area contributed by atoms with Gasteiger partial charge < -0.3 is 4.90 Å². The maximum Gasteiger partial charge on any atom is 0.245 e. The first kappa shape index (κ1) is 14.4. The lowest BCUT2D eigenvalue weighted by atomic mass is 9.79. The minimum Gasteiger partial charge on any atom is -0.305 e. The van der Waals surface area contributed by atoms with Crippen LogP contribution in [0.4, 0.5) is 5.69 Å². The summed E-state index contributed by atoms with van der Waals surface area (Å²) in [6.45, 7) is 10.3. The van der Waals surface area contributed by atoms with E-state index >= 15 is 0 Å². The third-order valence-corrected chi connectivity index (χ3v) is 4.12. The van der Waals surface area contributed by atoms with Crippen LogP contribution in [0.1, 0.15) is 51.2 Å². The summed E-state index contributed by atoms with van der Waals surface area (Å²) in [5.74, 6) is 0.450. The third-order valence-electron chi connectivity index (χ3n) is 3.93. The Morgan fingerprint density at radius 1 is 1.47 bits per heavy atom. The number of alkyl halides is 1. The Labute approximate surface area is 120 Å². The van der Waals surface area contributed by atoms with Crippen LogP contribution >= 0.6 is 11.6 Å². The second-order valence-corrected chi connectivity index (χ2v) is 6.92. The van der Waals surface area contributed by atoms with Crippen molar-refractivity contribution in [1.82, 2.24) is 0 Å². The predicted molar refractivity (Wildman–Crippen MR) is 81.1 cm³/mol. The first-order valence-electron chi connectivity index (χ1n) is 6.83. The van der Waals surface area contributed by atoms with E-state index in [1.165, 1.54) is 11.1 Å². The number of aryl methyl sites for hydroxylation is 1. The minimum absolute atomic E-state index is 0.00887. The summed E-state index contributed by atoms with van der Waals surface area (Å²) in [5, 5.41) is -0.499. The van der Waals surface area contributed by atoms with E-state index in [4.69, 9.17) is 11.6 Å². The average molecular weight is 280 g/mol. The number of carbonyl (C=O) groups is 1. The normalized spacial score (nSPS) is 22.8. The van der Waals surface area contributed by atoms with Crippen molar-refractivity contribution in [2.75, 3.05) is 4.90 Å². The van der Waals surface area contributed by atoms with Gasteiger partial charge in [0.1, 0.15) is 5.38 Å². The molecule has 0 spiro atoms. The van der Waals surface area contributed by atoms with Gasteiger partial charge in [-0.3, -0.25) is 4.79 Å². The first-order chi connectivity index (χ1) is 8.74. The van der Waals surface area contributed by atoms with E-state index in [-0.39, 0.29) is 11.4 Å². The van der Waals surface area contributed by atoms with E-state index in [0.29, 0.717) is 5.92 Å². The van der Waals surface area contributed by atoms with Crippen molar-refractivity contribution in [2.24, 2.45) is 0 Å². The second kappa shape index (κ2) is 4.82. The maximum atomic E-state index is 12.5. The van der Waals surface area contributed by atoms with E-state index in [9.17, 15) is 4.79 Å². The molecule has 1 aliphatic heterocycles. The molecular weight excluding hydrogens is 258 g/mol. The molecule has 104 valence electrons. The molecule has 0 unspecified atom stereocenters. The molecule has 0 N–H and O–H groups in total. The summed E-state index contributed by atoms with van der Waals surface area (Å²) in [5.41, 5.74) is 3.25. The van der Waals surface area contributed by atoms with Gasteiger partial charge in [-0.15, -0.1) is 11.6 Å². The van der Waals surface area contributed by atoms with Crippen molar-refractivity contribution in [1.29, 1.82) is 0 Å². The SMILES string of the molecule is Cc1ccc2c(c1)N(C(=O)[C@H](C)Cl)C(C)(C)C[C@H]2C. The smallest absolute Gasteiger partial charge is 0.245 e. The summed E-state index contributed by atoms with van der Waals surface area (Å²) < 4.78 is 0. The topological polar surface area (TPSA) is 20.3 Å². The van der Waals surface area contributed by atoms with Crippen LogP contribution in [0.3, 0.4) is 0 Å². The van der Waals surface area contributed by atoms with Crippen molar-refractivity contribution in [3.05, 3.63) is 29.3 Å². The number of nitrogens with zero attached hydrogens (tertiary/aromatic N) is 1. The average Bonchev–Trinajstić information content (AvgIpc) is 2.26. The summed E-state index contributed by atoms with van der Waals surface area (Å²) in [6, 6.07) is 6.36. The van der Waals surface area contributed by atoms with E-state index in [1.54, 1.807) is 6.92 Å². The van der Waals surface area contributed by atoms with E-state index < -0.39 is 5.38 Å². The second-order valence-electron chi connectivity index (χ2n) is 6.27. The molecule has 0 radical (unpaired) electrons. The number of halogens is 1. The number of amides is 1. The molecule has 2 atom stereocenters. The van der Waals surface area contributed by atoms with Crippen molar-refractivity contribution in [2.45, 2.75) is 57.9 Å². The van der Waals surface area contributed by atoms with Crippen LogP contribution in [0.5, 0.6) is 0 Å². The van der Waals surface area contributed by atoms with Crippen molar-refractivity contribution in [3.8, 4) is 0 Å². The Morgan fingerprint density at radius 2 is 2.11 bits per heavy atom. The van der Waals surface area contributed by atoms with Crippen molar-refractivity contribution < 1.29 is 4.79 Å². The van der Waals surface area contributed by atoms with Crippen LogP contribution < -0.4 is 4.90 Å². The van der Waals surface area contributed by atoms with Gasteiger partial charge in [-0.1, -0.05) is 19.1 Å². The van der Waals surface area contributed by atoms with Gasteiger partial charge in [0, 0.05) is 11.2 Å². The van der Waals surface area contributed by atoms with Crippen LogP contribution in [0.25, 0.3) is 0 Å². The minimum atomic E-state index is -0.499. The lowest BCUT2D eigenvalue weighted by molar-refractivity contribution is -0.119. The molecule has 2 nitrogen and oxygen atoms in total. The molecule has 1 aromatic carbocycles. The highest BCUT2D eigenvalue weighted by atomic mass is 35.5. The number of rotatable bonds is 1. The Balaban J connectivity index is 2.60. The van der Waals surface area contributed by atoms with Crippen LogP contribution in [-0.4, -0.2) is 16.8 Å². The molecule has 0 bridgehead atoms. The van der Waals surface area contributed by atoms with Gasteiger partial charge >= 0.3 is 0 Å². The molecule has 2 rings (SSSR count). The maximum absolute atomic E-state index is 12.5. The predicted octanol–water partition coefficient (Wildman–Crippen LogP) is 4.24. The van der Waals surface area contributed by atoms with Crippen molar-refractivity contribution in [3.63, 3.8) is 0 Å². The Bertz CT molecular complexity index is 507. The Morgan fingerprint density at radius 3 is 2.68 bits per heavy atom. The summed E-state index contributed by atoms with van der Waals surface area (Å²) in [6.07, 6.45) is 0.957. The van der Waals surface area contributed by atoms with Gasteiger partial charge in [-0.25, -0.2) is 0 Å². The first-order valence-corrected chi connectivity index (χ1v) is 7.26. The molecule has 0 saturated carbocycles. The van der Waals surface area contributed by atoms with Crippen LogP contribution in [0.2, 0.25) is 0 Å². The molecule has 0 saturated heterocycles. The Kier molecular flexibility index (Phi) is 3.65. The van der Waals surface area contributed by atoms with Gasteiger partial charge in [0.25, 0.3) is 0 Å². The summed E-state index contributed by atoms with van der Waals surface area (Å²) in [4.78, 5) is 14.4. The molecule has 3 heteroatoms. The standard InChI is InChI=1S/C16H22ClNO/c1-10-6-7-13-11(2)9-16(4,5)18(14(13)8-10)15(19)12(3)17/h6-8,11-12H,9H2,1-5H3/t11-,12+/m1/s1. The quantitative estimate of drug-likeness (QED) is 0.704. The third kappa shape index (κ3) is 2.51. The number of anilines is 1. The number of benzene rings is 1. The van der Waals surface area contributed by atoms with Crippen LogP contribution in [-0.2, 0) is 4.79 Å². The number of hydrogen-bond donors (Lipinski definition) is 0. The zero-order valence-corrected chi connectivity index (χ0v) is 13.1. The van der Waals surface area contributed by atoms with Gasteiger partial charge in [0.15, 0.2) is 0 Å². The fraction of sp³-hybridized carbons (Fsp3) is 0.562. The zero-order valence-electron chi connectivity index (χ0n) is 12.3. The molecule has 1 aliphatic rings. The van der Waals surface area contributed by atoms with E-state index in [1.807, 2.05) is 4.90 Å². The van der Waals surface area contributed by atoms with Gasteiger partial charge in [-0.2, -0.15) is 0 Å². The van der Waals surface area contributed by atoms with Gasteiger partial charge in [0.05, 0.1) is 0 Å². The molecule has 0 aliphatic carbocycles. The molecule has 1 aromatic rings. The lowest BCUT2D eigenvalue weighted by Crippen LogP contribution is -2.53. The highest BCUT2D eigenvalue weighted by Crippen LogP contribution is 2.44. The van der Waals surface area contributed by atoms with Gasteiger partial charge in [-0.05, 0) is 57.2 Å². The summed E-state index contributed by atoms with van der Waals surface area (Å²) >= 11 is 6.04. The fourth-order valence-electron chi connectivity index (χ4n) is 3.14. The molecule has 19 heavy (non-hydrogen) atoms. The molecule has 1 amide bonds. The van der Waals surface area contributed by atoms with Crippen LogP contribution in [0.15, 0.2) is 18.2 Å². The zero-order chi connectivity index (χ0) is 14.4. The number of hydrogen-bond acceptors (Lipinski definition) is 1.